The molecule has 0 aliphatic rings. The first-order chi connectivity index (χ1) is 32.2. The molecule has 2 aromatic heterocycles. The van der Waals surface area contributed by atoms with Gasteiger partial charge in [-0.1, -0.05) is 188 Å². The Balaban J connectivity index is 0.777. The third-order valence-electron chi connectivity index (χ3n) is 13.2. The maximum absolute atomic E-state index is 5.20. The lowest BCUT2D eigenvalue weighted by Gasteiger charge is -2.11. The highest BCUT2D eigenvalue weighted by atomic mass is 15.0. The summed E-state index contributed by atoms with van der Waals surface area (Å²) >= 11 is 0. The van der Waals surface area contributed by atoms with Crippen LogP contribution in [0.4, 0.5) is 0 Å². The Morgan fingerprint density at radius 1 is 0.277 bits per heavy atom. The van der Waals surface area contributed by atoms with E-state index in [1.54, 1.807) is 0 Å². The van der Waals surface area contributed by atoms with Crippen LogP contribution in [0.25, 0.3) is 127 Å². The van der Waals surface area contributed by atoms with E-state index in [-0.39, 0.29) is 0 Å². The first kappa shape index (κ1) is 36.9. The van der Waals surface area contributed by atoms with Gasteiger partial charge >= 0.3 is 0 Å². The Kier molecular flexibility index (Phi) is 8.53. The molecule has 3 heteroatoms. The van der Waals surface area contributed by atoms with Crippen molar-refractivity contribution in [3.8, 4) is 61.5 Å². The molecule has 0 amide bonds. The molecule has 13 aromatic rings. The first-order valence-corrected chi connectivity index (χ1v) is 22.2. The van der Waals surface area contributed by atoms with E-state index in [0.717, 1.165) is 44.3 Å². The summed E-state index contributed by atoms with van der Waals surface area (Å²) in [5.74, 6) is 0. The number of rotatable bonds is 6. The average molecular weight is 826 g/mol. The highest BCUT2D eigenvalue weighted by Crippen LogP contribution is 2.38. The lowest BCUT2D eigenvalue weighted by Crippen LogP contribution is -1.93. The van der Waals surface area contributed by atoms with Crippen molar-refractivity contribution in [3.05, 3.63) is 237 Å². The molecular weight excluding hydrogens is 787 g/mol. The van der Waals surface area contributed by atoms with Crippen LogP contribution in [0.3, 0.4) is 0 Å². The fourth-order valence-corrected chi connectivity index (χ4v) is 9.93. The van der Waals surface area contributed by atoms with Gasteiger partial charge in [-0.25, -0.2) is 4.98 Å². The summed E-state index contributed by atoms with van der Waals surface area (Å²) in [5.41, 5.74) is 16.9. The van der Waals surface area contributed by atoms with Gasteiger partial charge in [0.25, 0.3) is 0 Å². The van der Waals surface area contributed by atoms with Gasteiger partial charge in [-0.3, -0.25) is 4.98 Å². The maximum atomic E-state index is 5.20. The van der Waals surface area contributed by atoms with Crippen LogP contribution in [0.1, 0.15) is 0 Å². The molecule has 2 heterocycles. The Morgan fingerprint density at radius 2 is 0.754 bits per heavy atom. The third kappa shape index (κ3) is 6.28. The molecule has 13 rings (SSSR count). The monoisotopic (exact) mass is 825 g/mol. The normalized spacial score (nSPS) is 11.7. The SMILES string of the molecule is c1cc(-c2ccc(-c3ccc(-c4cnc5c6ccccc6c6ccccc6c5n4)cc3)cc2)cc(-c2ccc3c(c2)c2ccccc2n3-c2ccc(-c3ccc4ccccc4c3)cc2)c1. The largest absolute Gasteiger partial charge is 0.309 e. The van der Waals surface area contributed by atoms with Crippen molar-refractivity contribution in [3.63, 3.8) is 0 Å². The van der Waals surface area contributed by atoms with E-state index in [2.05, 4.69) is 235 Å². The van der Waals surface area contributed by atoms with Gasteiger partial charge in [0.15, 0.2) is 0 Å². The number of para-hydroxylation sites is 1. The molecule has 0 unspecified atom stereocenters. The van der Waals surface area contributed by atoms with Gasteiger partial charge in [-0.2, -0.15) is 0 Å². The van der Waals surface area contributed by atoms with Crippen LogP contribution in [-0.2, 0) is 0 Å². The van der Waals surface area contributed by atoms with Gasteiger partial charge < -0.3 is 4.57 Å². The van der Waals surface area contributed by atoms with Crippen molar-refractivity contribution >= 4 is 65.2 Å². The van der Waals surface area contributed by atoms with Gasteiger partial charge in [0.05, 0.1) is 34.0 Å². The smallest absolute Gasteiger partial charge is 0.0979 e. The zero-order valence-corrected chi connectivity index (χ0v) is 35.4. The van der Waals surface area contributed by atoms with E-state index < -0.39 is 0 Å². The summed E-state index contributed by atoms with van der Waals surface area (Å²) in [7, 11) is 0. The lowest BCUT2D eigenvalue weighted by molar-refractivity contribution is 1.18. The minimum absolute atomic E-state index is 0.868. The van der Waals surface area contributed by atoms with Crippen LogP contribution in [0.2, 0.25) is 0 Å². The summed E-state index contributed by atoms with van der Waals surface area (Å²) in [6, 6.07) is 83.4. The van der Waals surface area contributed by atoms with Gasteiger partial charge in [0.1, 0.15) is 0 Å². The topological polar surface area (TPSA) is 30.7 Å². The molecule has 0 spiro atoms. The summed E-state index contributed by atoms with van der Waals surface area (Å²) < 4.78 is 2.39. The van der Waals surface area contributed by atoms with Crippen LogP contribution >= 0.6 is 0 Å². The van der Waals surface area contributed by atoms with E-state index in [1.807, 2.05) is 6.20 Å². The number of benzene rings is 11. The quantitative estimate of drug-likeness (QED) is 0.156. The van der Waals surface area contributed by atoms with Crippen LogP contribution in [0, 0.1) is 0 Å². The molecule has 0 aliphatic carbocycles. The molecule has 0 bridgehead atoms. The van der Waals surface area contributed by atoms with E-state index >= 15 is 0 Å². The second-order valence-corrected chi connectivity index (χ2v) is 17.0. The van der Waals surface area contributed by atoms with E-state index in [4.69, 9.17) is 9.97 Å². The Bertz CT molecular complexity index is 3940. The van der Waals surface area contributed by atoms with Crippen molar-refractivity contribution < 1.29 is 0 Å². The van der Waals surface area contributed by atoms with Gasteiger partial charge in [0.2, 0.25) is 0 Å². The summed E-state index contributed by atoms with van der Waals surface area (Å²) in [4.78, 5) is 10.2. The molecule has 3 nitrogen and oxygen atoms in total. The molecular formula is C62H39N3. The number of hydrogen-bond donors (Lipinski definition) is 0. The van der Waals surface area contributed by atoms with Crippen molar-refractivity contribution in [2.75, 3.05) is 0 Å². The molecule has 0 saturated heterocycles. The fraction of sp³-hybridized carbons (Fsp3) is 0. The summed E-state index contributed by atoms with van der Waals surface area (Å²) in [6.45, 7) is 0. The number of fused-ring (bicyclic) bond motifs is 10. The van der Waals surface area contributed by atoms with Gasteiger partial charge in [-0.05, 0) is 109 Å². The predicted molar refractivity (Wildman–Crippen MR) is 274 cm³/mol. The molecule has 11 aromatic carbocycles. The Hall–Kier alpha value is -8.66. The number of hydrogen-bond acceptors (Lipinski definition) is 2. The second-order valence-electron chi connectivity index (χ2n) is 17.0. The van der Waals surface area contributed by atoms with E-state index in [9.17, 15) is 0 Å². The van der Waals surface area contributed by atoms with Crippen molar-refractivity contribution in [2.24, 2.45) is 0 Å². The molecule has 0 saturated carbocycles. The number of nitrogens with zero attached hydrogens (tertiary/aromatic N) is 3. The lowest BCUT2D eigenvalue weighted by atomic mass is 9.96. The van der Waals surface area contributed by atoms with Gasteiger partial charge in [-0.15, -0.1) is 0 Å². The summed E-state index contributed by atoms with van der Waals surface area (Å²) in [5, 5.41) is 9.66. The van der Waals surface area contributed by atoms with Crippen molar-refractivity contribution in [1.82, 2.24) is 14.5 Å². The molecule has 0 fully saturated rings. The first-order valence-electron chi connectivity index (χ1n) is 22.2. The van der Waals surface area contributed by atoms with Crippen LogP contribution in [0.15, 0.2) is 237 Å². The highest BCUT2D eigenvalue weighted by molar-refractivity contribution is 6.23. The molecule has 0 radical (unpaired) electrons. The minimum atomic E-state index is 0.868. The zero-order valence-electron chi connectivity index (χ0n) is 35.4. The van der Waals surface area contributed by atoms with Crippen LogP contribution in [-0.4, -0.2) is 14.5 Å². The molecule has 0 aliphatic heterocycles. The molecule has 302 valence electrons. The van der Waals surface area contributed by atoms with E-state index in [1.165, 1.54) is 82.3 Å². The molecule has 0 N–H and O–H groups in total. The minimum Gasteiger partial charge on any atom is -0.309 e. The molecule has 0 atom stereocenters. The Labute approximate surface area is 376 Å². The van der Waals surface area contributed by atoms with Crippen LogP contribution in [0.5, 0.6) is 0 Å². The van der Waals surface area contributed by atoms with Gasteiger partial charge in [0, 0.05) is 32.8 Å². The summed E-state index contributed by atoms with van der Waals surface area (Å²) in [6.07, 6.45) is 1.91. The third-order valence-corrected chi connectivity index (χ3v) is 13.2. The Morgan fingerprint density at radius 3 is 1.46 bits per heavy atom. The van der Waals surface area contributed by atoms with Crippen molar-refractivity contribution in [2.45, 2.75) is 0 Å². The zero-order chi connectivity index (χ0) is 42.8. The predicted octanol–water partition coefficient (Wildman–Crippen LogP) is 16.5. The maximum Gasteiger partial charge on any atom is 0.0979 e. The number of aromatic nitrogens is 3. The van der Waals surface area contributed by atoms with Crippen LogP contribution < -0.4 is 0 Å². The standard InChI is InChI=1S/C62H39N3/c1-2-11-46-37-49(29-26-40(46)10-1)44-30-33-51(34-31-44)65-59-19-8-7-16-54(59)57-38-50(32-35-60(57)65)48-13-9-12-47(36-48)43-22-20-41(21-23-43)42-24-27-45(28-25-42)58-39-63-61-55-17-5-3-14-52(55)53-15-4-6-18-56(53)62(61)64-58/h1-39H. The fourth-order valence-electron chi connectivity index (χ4n) is 9.93. The highest BCUT2D eigenvalue weighted by Gasteiger charge is 2.15. The van der Waals surface area contributed by atoms with E-state index in [0.29, 0.717) is 0 Å². The average Bonchev–Trinajstić information content (AvgIpc) is 3.72. The molecule has 65 heavy (non-hydrogen) atoms. The second kappa shape index (κ2) is 15.0. The van der Waals surface area contributed by atoms with Crippen molar-refractivity contribution in [1.29, 1.82) is 0 Å².